The first-order valence-corrected chi connectivity index (χ1v) is 9.01. The minimum atomic E-state index is -0.0667. The molecule has 3 nitrogen and oxygen atoms in total. The van der Waals surface area contributed by atoms with E-state index < -0.39 is 0 Å². The highest BCUT2D eigenvalue weighted by Gasteiger charge is 2.14. The molecule has 0 aliphatic carbocycles. The largest absolute Gasteiger partial charge is 0.352 e. The van der Waals surface area contributed by atoms with Gasteiger partial charge < -0.3 is 5.32 Å². The average Bonchev–Trinajstić information content (AvgIpc) is 2.64. The standard InChI is InChI=1S/C21H21ClN2O/c1-2-3-8-13-23-21(25)17-14-20(16-10-4-6-11-18(16)22)24-19-12-7-5-9-15(17)19/h4-7,9-12,14H,2-3,8,13H2,1H3,(H,23,25). The zero-order valence-corrected chi connectivity index (χ0v) is 15.0. The number of carbonyl (C=O) groups excluding carboxylic acids is 1. The quantitative estimate of drug-likeness (QED) is 0.597. The molecular formula is C21H21ClN2O. The van der Waals surface area contributed by atoms with Crippen molar-refractivity contribution in [1.29, 1.82) is 0 Å². The van der Waals surface area contributed by atoms with Gasteiger partial charge in [-0.15, -0.1) is 0 Å². The summed E-state index contributed by atoms with van der Waals surface area (Å²) in [7, 11) is 0. The van der Waals surface area contributed by atoms with Crippen LogP contribution in [0.15, 0.2) is 54.6 Å². The first kappa shape index (κ1) is 17.4. The van der Waals surface area contributed by atoms with Crippen LogP contribution in [0.5, 0.6) is 0 Å². The van der Waals surface area contributed by atoms with E-state index in [1.165, 1.54) is 0 Å². The van der Waals surface area contributed by atoms with Gasteiger partial charge in [-0.3, -0.25) is 4.79 Å². The van der Waals surface area contributed by atoms with Gasteiger partial charge in [-0.05, 0) is 24.6 Å². The minimum absolute atomic E-state index is 0.0667. The fourth-order valence-electron chi connectivity index (χ4n) is 2.84. The Morgan fingerprint density at radius 3 is 2.64 bits per heavy atom. The first-order valence-electron chi connectivity index (χ1n) is 8.63. The van der Waals surface area contributed by atoms with Crippen molar-refractivity contribution >= 4 is 28.4 Å². The number of halogens is 1. The summed E-state index contributed by atoms with van der Waals surface area (Å²) in [6.07, 6.45) is 3.23. The Morgan fingerprint density at radius 1 is 1.08 bits per heavy atom. The molecule has 0 atom stereocenters. The lowest BCUT2D eigenvalue weighted by atomic mass is 10.0. The third kappa shape index (κ3) is 3.99. The minimum Gasteiger partial charge on any atom is -0.352 e. The molecule has 2 aromatic carbocycles. The molecular weight excluding hydrogens is 332 g/mol. The number of fused-ring (bicyclic) bond motifs is 1. The second-order valence-corrected chi connectivity index (χ2v) is 6.42. The number of benzene rings is 2. The summed E-state index contributed by atoms with van der Waals surface area (Å²) in [6, 6.07) is 17.1. The Kier molecular flexibility index (Phi) is 5.67. The molecule has 0 bridgehead atoms. The third-order valence-corrected chi connectivity index (χ3v) is 4.51. The summed E-state index contributed by atoms with van der Waals surface area (Å²) >= 11 is 6.32. The highest BCUT2D eigenvalue weighted by atomic mass is 35.5. The lowest BCUT2D eigenvalue weighted by Crippen LogP contribution is -2.24. The molecule has 0 spiro atoms. The number of hydrogen-bond donors (Lipinski definition) is 1. The van der Waals surface area contributed by atoms with E-state index in [1.54, 1.807) is 0 Å². The molecule has 128 valence electrons. The summed E-state index contributed by atoms with van der Waals surface area (Å²) in [5.41, 5.74) is 2.97. The molecule has 0 radical (unpaired) electrons. The van der Waals surface area contributed by atoms with Crippen molar-refractivity contribution in [2.24, 2.45) is 0 Å². The third-order valence-electron chi connectivity index (χ3n) is 4.18. The number of rotatable bonds is 6. The number of nitrogens with one attached hydrogen (secondary N) is 1. The van der Waals surface area contributed by atoms with E-state index in [-0.39, 0.29) is 5.91 Å². The Balaban J connectivity index is 2.01. The van der Waals surface area contributed by atoms with Crippen LogP contribution < -0.4 is 5.32 Å². The van der Waals surface area contributed by atoms with Crippen LogP contribution in [0.3, 0.4) is 0 Å². The number of nitrogens with zero attached hydrogens (tertiary/aromatic N) is 1. The van der Waals surface area contributed by atoms with Gasteiger partial charge in [0, 0.05) is 22.5 Å². The average molecular weight is 353 g/mol. The summed E-state index contributed by atoms with van der Waals surface area (Å²) in [5.74, 6) is -0.0667. The number of amides is 1. The lowest BCUT2D eigenvalue weighted by Gasteiger charge is -2.11. The van der Waals surface area contributed by atoms with Crippen molar-refractivity contribution in [2.45, 2.75) is 26.2 Å². The van der Waals surface area contributed by atoms with Gasteiger partial charge in [0.05, 0.1) is 16.8 Å². The highest BCUT2D eigenvalue weighted by molar-refractivity contribution is 6.33. The zero-order chi connectivity index (χ0) is 17.6. The Morgan fingerprint density at radius 2 is 1.84 bits per heavy atom. The van der Waals surface area contributed by atoms with Crippen LogP contribution in [0.4, 0.5) is 0 Å². The molecule has 3 aromatic rings. The second-order valence-electron chi connectivity index (χ2n) is 6.02. The smallest absolute Gasteiger partial charge is 0.252 e. The van der Waals surface area contributed by atoms with Crippen LogP contribution in [0, 0.1) is 0 Å². The molecule has 1 amide bonds. The fraction of sp³-hybridized carbons (Fsp3) is 0.238. The fourth-order valence-corrected chi connectivity index (χ4v) is 3.07. The van der Waals surface area contributed by atoms with Crippen LogP contribution in [-0.2, 0) is 0 Å². The van der Waals surface area contributed by atoms with Gasteiger partial charge in [0.25, 0.3) is 5.91 Å². The topological polar surface area (TPSA) is 42.0 Å². The molecule has 0 aliphatic rings. The molecule has 0 unspecified atom stereocenters. The van der Waals surface area contributed by atoms with Crippen LogP contribution in [0.25, 0.3) is 22.2 Å². The molecule has 0 aliphatic heterocycles. The van der Waals surface area contributed by atoms with Gasteiger partial charge in [0.1, 0.15) is 0 Å². The SMILES string of the molecule is CCCCCNC(=O)c1cc(-c2ccccc2Cl)nc2ccccc12. The molecule has 1 heterocycles. The van der Waals surface area contributed by atoms with Crippen LogP contribution >= 0.6 is 11.6 Å². The van der Waals surface area contributed by atoms with Crippen molar-refractivity contribution in [2.75, 3.05) is 6.54 Å². The van der Waals surface area contributed by atoms with Crippen molar-refractivity contribution in [3.8, 4) is 11.3 Å². The van der Waals surface area contributed by atoms with Crippen molar-refractivity contribution in [3.63, 3.8) is 0 Å². The van der Waals surface area contributed by atoms with E-state index in [1.807, 2.05) is 54.6 Å². The molecule has 1 N–H and O–H groups in total. The molecule has 0 saturated carbocycles. The van der Waals surface area contributed by atoms with E-state index in [4.69, 9.17) is 16.6 Å². The predicted molar refractivity (Wildman–Crippen MR) is 104 cm³/mol. The van der Waals surface area contributed by atoms with Crippen LogP contribution in [0.2, 0.25) is 5.02 Å². The molecule has 3 rings (SSSR count). The maximum Gasteiger partial charge on any atom is 0.252 e. The molecule has 4 heteroatoms. The number of hydrogen-bond acceptors (Lipinski definition) is 2. The molecule has 0 saturated heterocycles. The van der Waals surface area contributed by atoms with Gasteiger partial charge in [0.15, 0.2) is 0 Å². The van der Waals surface area contributed by atoms with E-state index in [9.17, 15) is 4.79 Å². The predicted octanol–water partition coefficient (Wildman–Crippen LogP) is 5.48. The van der Waals surface area contributed by atoms with Gasteiger partial charge >= 0.3 is 0 Å². The Labute approximate surface area is 153 Å². The Bertz CT molecular complexity index is 892. The monoisotopic (exact) mass is 352 g/mol. The maximum absolute atomic E-state index is 12.7. The summed E-state index contributed by atoms with van der Waals surface area (Å²) < 4.78 is 0. The number of para-hydroxylation sites is 1. The first-order chi connectivity index (χ1) is 12.2. The normalized spacial score (nSPS) is 10.8. The number of aromatic nitrogens is 1. The van der Waals surface area contributed by atoms with E-state index in [0.29, 0.717) is 22.8 Å². The van der Waals surface area contributed by atoms with Gasteiger partial charge in [-0.25, -0.2) is 4.98 Å². The van der Waals surface area contributed by atoms with Gasteiger partial charge in [-0.1, -0.05) is 67.8 Å². The van der Waals surface area contributed by atoms with Crippen molar-refractivity contribution in [1.82, 2.24) is 10.3 Å². The van der Waals surface area contributed by atoms with E-state index in [2.05, 4.69) is 12.2 Å². The van der Waals surface area contributed by atoms with Gasteiger partial charge in [0.2, 0.25) is 0 Å². The van der Waals surface area contributed by atoms with Crippen molar-refractivity contribution in [3.05, 3.63) is 65.2 Å². The summed E-state index contributed by atoms with van der Waals surface area (Å²) in [5, 5.41) is 4.50. The maximum atomic E-state index is 12.7. The number of unbranched alkanes of at least 4 members (excludes halogenated alkanes) is 2. The highest BCUT2D eigenvalue weighted by Crippen LogP contribution is 2.29. The number of carbonyl (C=O) groups is 1. The Hall–Kier alpha value is -2.39. The molecule has 1 aromatic heterocycles. The summed E-state index contributed by atoms with van der Waals surface area (Å²) in [4.78, 5) is 17.4. The zero-order valence-electron chi connectivity index (χ0n) is 14.3. The van der Waals surface area contributed by atoms with Gasteiger partial charge in [-0.2, -0.15) is 0 Å². The summed E-state index contributed by atoms with van der Waals surface area (Å²) in [6.45, 7) is 2.83. The van der Waals surface area contributed by atoms with Crippen LogP contribution in [-0.4, -0.2) is 17.4 Å². The van der Waals surface area contributed by atoms with Crippen LogP contribution in [0.1, 0.15) is 36.5 Å². The molecule has 25 heavy (non-hydrogen) atoms. The van der Waals surface area contributed by atoms with E-state index in [0.717, 1.165) is 35.7 Å². The lowest BCUT2D eigenvalue weighted by molar-refractivity contribution is 0.0954. The van der Waals surface area contributed by atoms with Crippen molar-refractivity contribution < 1.29 is 4.79 Å². The number of pyridine rings is 1. The second kappa shape index (κ2) is 8.13. The van der Waals surface area contributed by atoms with E-state index >= 15 is 0 Å². The molecule has 0 fully saturated rings.